The number of ether oxygens (including phenoxy) is 1. The number of anilines is 1. The van der Waals surface area contributed by atoms with Crippen molar-refractivity contribution in [2.45, 2.75) is 46.3 Å². The first-order chi connectivity index (χ1) is 8.19. The lowest BCUT2D eigenvalue weighted by atomic mass is 10.1. The van der Waals surface area contributed by atoms with E-state index in [2.05, 4.69) is 5.32 Å². The van der Waals surface area contributed by atoms with Crippen LogP contribution >= 0.6 is 0 Å². The van der Waals surface area contributed by atoms with Gasteiger partial charge in [0, 0.05) is 5.69 Å². The Balaban J connectivity index is 2.68. The minimum Gasteiger partial charge on any atom is -0.444 e. The average molecular weight is 250 g/mol. The third-order valence-electron chi connectivity index (χ3n) is 2.54. The molecule has 4 heteroatoms. The van der Waals surface area contributed by atoms with Crippen molar-refractivity contribution in [3.63, 3.8) is 0 Å². The Morgan fingerprint density at radius 3 is 2.50 bits per heavy atom. The number of alkyl carbamates (subject to hydrolysis) is 1. The molecule has 0 unspecified atom stereocenters. The molecule has 3 N–H and O–H groups in total. The van der Waals surface area contributed by atoms with Crippen LogP contribution in [0.1, 0.15) is 44.9 Å². The molecule has 0 aromatic heterocycles. The lowest BCUT2D eigenvalue weighted by molar-refractivity contribution is 0.0508. The summed E-state index contributed by atoms with van der Waals surface area (Å²) in [4.78, 5) is 11.6. The number of aryl methyl sites for hydroxylation is 1. The number of nitrogens with one attached hydrogen (secondary N) is 1. The monoisotopic (exact) mass is 250 g/mol. The maximum Gasteiger partial charge on any atom is 0.408 e. The Morgan fingerprint density at radius 1 is 1.39 bits per heavy atom. The molecule has 0 saturated carbocycles. The van der Waals surface area contributed by atoms with Crippen LogP contribution in [0.5, 0.6) is 0 Å². The van der Waals surface area contributed by atoms with Crippen molar-refractivity contribution in [3.05, 3.63) is 29.3 Å². The summed E-state index contributed by atoms with van der Waals surface area (Å²) in [5.41, 5.74) is 8.08. The fourth-order valence-electron chi connectivity index (χ4n) is 1.50. The van der Waals surface area contributed by atoms with Gasteiger partial charge in [-0.3, -0.25) is 0 Å². The smallest absolute Gasteiger partial charge is 0.408 e. The Morgan fingerprint density at radius 2 is 2.00 bits per heavy atom. The molecule has 1 amide bonds. The third-order valence-corrected chi connectivity index (χ3v) is 2.54. The van der Waals surface area contributed by atoms with Crippen molar-refractivity contribution in [1.29, 1.82) is 0 Å². The summed E-state index contributed by atoms with van der Waals surface area (Å²) in [7, 11) is 0. The molecule has 0 saturated heterocycles. The fourth-order valence-corrected chi connectivity index (χ4v) is 1.50. The first kappa shape index (κ1) is 14.4. The highest BCUT2D eigenvalue weighted by Gasteiger charge is 2.18. The van der Waals surface area contributed by atoms with Crippen LogP contribution in [0.4, 0.5) is 10.5 Å². The van der Waals surface area contributed by atoms with Crippen molar-refractivity contribution in [2.24, 2.45) is 0 Å². The number of nitrogens with two attached hydrogens (primary N) is 1. The topological polar surface area (TPSA) is 64.3 Å². The molecule has 0 radical (unpaired) electrons. The Hall–Kier alpha value is -1.71. The quantitative estimate of drug-likeness (QED) is 0.792. The van der Waals surface area contributed by atoms with Crippen molar-refractivity contribution in [3.8, 4) is 0 Å². The Labute approximate surface area is 109 Å². The normalized spacial score (nSPS) is 12.9. The van der Waals surface area contributed by atoms with Crippen LogP contribution in [-0.2, 0) is 4.74 Å². The van der Waals surface area contributed by atoms with Gasteiger partial charge in [-0.1, -0.05) is 12.1 Å². The first-order valence-electron chi connectivity index (χ1n) is 6.04. The zero-order valence-corrected chi connectivity index (χ0v) is 11.7. The van der Waals surface area contributed by atoms with E-state index in [-0.39, 0.29) is 6.04 Å². The lowest BCUT2D eigenvalue weighted by Crippen LogP contribution is -2.34. The Kier molecular flexibility index (Phi) is 4.22. The zero-order valence-electron chi connectivity index (χ0n) is 11.7. The van der Waals surface area contributed by atoms with E-state index in [1.807, 2.05) is 52.8 Å². The molecule has 1 aromatic rings. The number of rotatable bonds is 2. The summed E-state index contributed by atoms with van der Waals surface area (Å²) in [6.45, 7) is 9.35. The number of benzene rings is 1. The van der Waals surface area contributed by atoms with Crippen molar-refractivity contribution in [1.82, 2.24) is 5.32 Å². The van der Waals surface area contributed by atoms with Crippen molar-refractivity contribution in [2.75, 3.05) is 5.73 Å². The van der Waals surface area contributed by atoms with Gasteiger partial charge in [-0.05, 0) is 51.8 Å². The molecule has 0 spiro atoms. The van der Waals surface area contributed by atoms with Crippen LogP contribution in [0.2, 0.25) is 0 Å². The van der Waals surface area contributed by atoms with Gasteiger partial charge in [-0.2, -0.15) is 0 Å². The average Bonchev–Trinajstić information content (AvgIpc) is 2.18. The van der Waals surface area contributed by atoms with Gasteiger partial charge in [-0.15, -0.1) is 0 Å². The van der Waals surface area contributed by atoms with E-state index < -0.39 is 11.7 Å². The highest BCUT2D eigenvalue weighted by molar-refractivity contribution is 5.68. The van der Waals surface area contributed by atoms with Gasteiger partial charge >= 0.3 is 6.09 Å². The SMILES string of the molecule is Cc1ccc([C@H](C)NC(=O)OC(C)(C)C)cc1N. The molecule has 0 bridgehead atoms. The van der Waals surface area contributed by atoms with E-state index in [1.54, 1.807) is 0 Å². The number of carbonyl (C=O) groups is 1. The summed E-state index contributed by atoms with van der Waals surface area (Å²) >= 11 is 0. The molecule has 0 aliphatic rings. The van der Waals surface area contributed by atoms with Crippen LogP contribution in [0.15, 0.2) is 18.2 Å². The maximum atomic E-state index is 11.6. The second-order valence-electron chi connectivity index (χ2n) is 5.48. The van der Waals surface area contributed by atoms with E-state index in [9.17, 15) is 4.79 Å². The summed E-state index contributed by atoms with van der Waals surface area (Å²) in [6.07, 6.45) is -0.422. The van der Waals surface area contributed by atoms with Gasteiger partial charge in [-0.25, -0.2) is 4.79 Å². The molecule has 0 heterocycles. The molecule has 1 aromatic carbocycles. The van der Waals surface area contributed by atoms with E-state index in [0.717, 1.165) is 16.8 Å². The molecule has 1 atom stereocenters. The number of hydrogen-bond acceptors (Lipinski definition) is 3. The number of carbonyl (C=O) groups excluding carboxylic acids is 1. The number of hydrogen-bond donors (Lipinski definition) is 2. The summed E-state index contributed by atoms with van der Waals surface area (Å²) in [5, 5.41) is 2.78. The van der Waals surface area contributed by atoms with Crippen LogP contribution in [0.25, 0.3) is 0 Å². The molecule has 100 valence electrons. The second-order valence-corrected chi connectivity index (χ2v) is 5.48. The van der Waals surface area contributed by atoms with Gasteiger partial charge in [0.05, 0.1) is 6.04 Å². The largest absolute Gasteiger partial charge is 0.444 e. The van der Waals surface area contributed by atoms with Crippen molar-refractivity contribution < 1.29 is 9.53 Å². The minimum absolute atomic E-state index is 0.136. The molecule has 0 fully saturated rings. The van der Waals surface area contributed by atoms with Gasteiger partial charge in [0.25, 0.3) is 0 Å². The Bertz CT molecular complexity index is 436. The molecule has 1 rings (SSSR count). The number of amides is 1. The fraction of sp³-hybridized carbons (Fsp3) is 0.500. The molecule has 4 nitrogen and oxygen atoms in total. The highest BCUT2D eigenvalue weighted by Crippen LogP contribution is 2.19. The second kappa shape index (κ2) is 5.29. The van der Waals surface area contributed by atoms with Crippen LogP contribution < -0.4 is 11.1 Å². The summed E-state index contributed by atoms with van der Waals surface area (Å²) in [6, 6.07) is 5.63. The van der Waals surface area contributed by atoms with Crippen LogP contribution in [0, 0.1) is 6.92 Å². The van der Waals surface area contributed by atoms with Gasteiger partial charge < -0.3 is 15.8 Å². The third kappa shape index (κ3) is 4.28. The molecule has 18 heavy (non-hydrogen) atoms. The standard InChI is InChI=1S/C14H22N2O2/c1-9-6-7-11(8-12(9)15)10(2)16-13(17)18-14(3,4)5/h6-8,10H,15H2,1-5H3,(H,16,17)/t10-/m0/s1. The molecular weight excluding hydrogens is 228 g/mol. The predicted molar refractivity (Wildman–Crippen MR) is 73.4 cm³/mol. The predicted octanol–water partition coefficient (Wildman–Crippen LogP) is 3.16. The van der Waals surface area contributed by atoms with E-state index in [4.69, 9.17) is 10.5 Å². The van der Waals surface area contributed by atoms with Crippen LogP contribution in [-0.4, -0.2) is 11.7 Å². The number of nitrogen functional groups attached to an aromatic ring is 1. The molecule has 0 aliphatic heterocycles. The summed E-state index contributed by atoms with van der Waals surface area (Å²) < 4.78 is 5.20. The first-order valence-corrected chi connectivity index (χ1v) is 6.04. The lowest BCUT2D eigenvalue weighted by Gasteiger charge is -2.22. The van der Waals surface area contributed by atoms with E-state index in [0.29, 0.717) is 0 Å². The summed E-state index contributed by atoms with van der Waals surface area (Å²) in [5.74, 6) is 0. The zero-order chi connectivity index (χ0) is 13.9. The maximum absolute atomic E-state index is 11.6. The van der Waals surface area contributed by atoms with Gasteiger partial charge in [0.1, 0.15) is 5.60 Å². The van der Waals surface area contributed by atoms with Crippen LogP contribution in [0.3, 0.4) is 0 Å². The van der Waals surface area contributed by atoms with E-state index >= 15 is 0 Å². The molecule has 0 aliphatic carbocycles. The highest BCUT2D eigenvalue weighted by atomic mass is 16.6. The minimum atomic E-state index is -0.490. The van der Waals surface area contributed by atoms with E-state index in [1.165, 1.54) is 0 Å². The van der Waals surface area contributed by atoms with Crippen molar-refractivity contribution >= 4 is 11.8 Å². The van der Waals surface area contributed by atoms with Gasteiger partial charge in [0.15, 0.2) is 0 Å². The molecular formula is C14H22N2O2. The van der Waals surface area contributed by atoms with Gasteiger partial charge in [0.2, 0.25) is 0 Å².